The van der Waals surface area contributed by atoms with Gasteiger partial charge in [0.15, 0.2) is 0 Å². The normalized spacial score (nSPS) is 16.7. The van der Waals surface area contributed by atoms with E-state index in [9.17, 15) is 4.79 Å². The first-order valence-electron chi connectivity index (χ1n) is 9.11. The predicted octanol–water partition coefficient (Wildman–Crippen LogP) is 3.58. The van der Waals surface area contributed by atoms with Gasteiger partial charge in [0.05, 0.1) is 5.52 Å². The highest BCUT2D eigenvalue weighted by atomic mass is 16.2. The third-order valence-electron chi connectivity index (χ3n) is 5.16. The first kappa shape index (κ1) is 16.7. The quantitative estimate of drug-likeness (QED) is 0.786. The zero-order chi connectivity index (χ0) is 17.9. The van der Waals surface area contributed by atoms with Gasteiger partial charge in [-0.3, -0.25) is 9.78 Å². The van der Waals surface area contributed by atoms with E-state index in [1.807, 2.05) is 37.4 Å². The molecule has 3 aromatic rings. The molecule has 26 heavy (non-hydrogen) atoms. The Labute approximate surface area is 153 Å². The highest BCUT2D eigenvalue weighted by Gasteiger charge is 2.19. The number of carbonyl (C=O) groups is 1. The Kier molecular flexibility index (Phi) is 4.67. The fourth-order valence-corrected chi connectivity index (χ4v) is 3.72. The molecule has 4 nitrogen and oxygen atoms in total. The zero-order valence-electron chi connectivity index (χ0n) is 15.0. The Bertz CT molecular complexity index is 926. The van der Waals surface area contributed by atoms with Crippen LogP contribution >= 0.6 is 0 Å². The maximum Gasteiger partial charge on any atom is 0.253 e. The van der Waals surface area contributed by atoms with Crippen LogP contribution in [0, 0.1) is 0 Å². The van der Waals surface area contributed by atoms with Gasteiger partial charge in [0, 0.05) is 37.3 Å². The van der Waals surface area contributed by atoms with Crippen molar-refractivity contribution in [1.29, 1.82) is 0 Å². The summed E-state index contributed by atoms with van der Waals surface area (Å²) in [5.41, 5.74) is 4.09. The largest absolute Gasteiger partial charge is 0.337 e. The Hall–Kier alpha value is -2.72. The van der Waals surface area contributed by atoms with E-state index in [1.54, 1.807) is 11.1 Å². The maximum absolute atomic E-state index is 12.9. The fraction of sp³-hybridized carbons (Fsp3) is 0.273. The lowest BCUT2D eigenvalue weighted by Gasteiger charge is -2.19. The predicted molar refractivity (Wildman–Crippen MR) is 104 cm³/mol. The second-order valence-corrected chi connectivity index (χ2v) is 6.96. The Morgan fingerprint density at radius 3 is 2.92 bits per heavy atom. The molecule has 1 amide bonds. The fourth-order valence-electron chi connectivity index (χ4n) is 3.72. The van der Waals surface area contributed by atoms with Gasteiger partial charge in [-0.2, -0.15) is 0 Å². The van der Waals surface area contributed by atoms with E-state index in [2.05, 4.69) is 34.6 Å². The van der Waals surface area contributed by atoms with Crippen molar-refractivity contribution in [2.24, 2.45) is 0 Å². The summed E-state index contributed by atoms with van der Waals surface area (Å²) in [6.07, 6.45) is 2.93. The van der Waals surface area contributed by atoms with E-state index in [-0.39, 0.29) is 5.91 Å². The number of carbonyl (C=O) groups excluding carboxylic acids is 1. The van der Waals surface area contributed by atoms with Crippen LogP contribution in [-0.4, -0.2) is 35.9 Å². The second kappa shape index (κ2) is 7.26. The molecule has 0 unspecified atom stereocenters. The van der Waals surface area contributed by atoms with E-state index < -0.39 is 0 Å². The van der Waals surface area contributed by atoms with Crippen LogP contribution in [0.3, 0.4) is 0 Å². The third kappa shape index (κ3) is 3.33. The average Bonchev–Trinajstić information content (AvgIpc) is 3.23. The molecule has 0 radical (unpaired) electrons. The molecule has 1 aliphatic rings. The first-order valence-corrected chi connectivity index (χ1v) is 9.11. The van der Waals surface area contributed by atoms with E-state index in [0.717, 1.165) is 41.5 Å². The van der Waals surface area contributed by atoms with E-state index in [4.69, 9.17) is 0 Å². The van der Waals surface area contributed by atoms with Gasteiger partial charge in [0.25, 0.3) is 5.91 Å². The van der Waals surface area contributed by atoms with Crippen molar-refractivity contribution in [3.63, 3.8) is 0 Å². The van der Waals surface area contributed by atoms with Crippen LogP contribution in [0.4, 0.5) is 0 Å². The number of benzene rings is 2. The maximum atomic E-state index is 12.9. The molecule has 0 saturated carbocycles. The third-order valence-corrected chi connectivity index (χ3v) is 5.16. The van der Waals surface area contributed by atoms with Crippen molar-refractivity contribution in [3.8, 4) is 0 Å². The van der Waals surface area contributed by atoms with Crippen molar-refractivity contribution >= 4 is 16.8 Å². The summed E-state index contributed by atoms with van der Waals surface area (Å²) in [5.74, 6) is 0.566. The topological polar surface area (TPSA) is 45.2 Å². The Morgan fingerprint density at radius 2 is 2.08 bits per heavy atom. The number of amides is 1. The summed E-state index contributed by atoms with van der Waals surface area (Å²) in [6, 6.07) is 18.2. The van der Waals surface area contributed by atoms with Crippen molar-refractivity contribution < 1.29 is 4.79 Å². The molecule has 1 aromatic heterocycles. The van der Waals surface area contributed by atoms with Gasteiger partial charge >= 0.3 is 0 Å². The number of rotatable bonds is 4. The summed E-state index contributed by atoms with van der Waals surface area (Å²) in [5, 5.41) is 4.49. The number of nitrogens with zero attached hydrogens (tertiary/aromatic N) is 2. The molecule has 2 heterocycles. The lowest BCUT2D eigenvalue weighted by Crippen LogP contribution is -2.26. The van der Waals surface area contributed by atoms with E-state index in [0.29, 0.717) is 12.5 Å². The highest BCUT2D eigenvalue weighted by molar-refractivity contribution is 5.94. The molecule has 1 fully saturated rings. The van der Waals surface area contributed by atoms with Crippen LogP contribution in [-0.2, 0) is 6.54 Å². The monoisotopic (exact) mass is 345 g/mol. The summed E-state index contributed by atoms with van der Waals surface area (Å²) in [7, 11) is 1.86. The van der Waals surface area contributed by atoms with Crippen molar-refractivity contribution in [2.45, 2.75) is 18.9 Å². The summed E-state index contributed by atoms with van der Waals surface area (Å²) in [6.45, 7) is 2.62. The van der Waals surface area contributed by atoms with Gasteiger partial charge in [0.1, 0.15) is 0 Å². The number of nitrogens with one attached hydrogen (secondary N) is 1. The lowest BCUT2D eigenvalue weighted by molar-refractivity contribution is 0.0785. The zero-order valence-corrected chi connectivity index (χ0v) is 15.0. The van der Waals surface area contributed by atoms with Gasteiger partial charge in [-0.1, -0.05) is 30.3 Å². The van der Waals surface area contributed by atoms with Crippen LogP contribution in [0.25, 0.3) is 10.9 Å². The molecule has 1 N–H and O–H groups in total. The van der Waals surface area contributed by atoms with E-state index in [1.165, 1.54) is 5.56 Å². The highest BCUT2D eigenvalue weighted by Crippen LogP contribution is 2.24. The van der Waals surface area contributed by atoms with Crippen LogP contribution in [0.15, 0.2) is 60.8 Å². The average molecular weight is 345 g/mol. The smallest absolute Gasteiger partial charge is 0.253 e. The lowest BCUT2D eigenvalue weighted by atomic mass is 9.96. The number of aromatic nitrogens is 1. The second-order valence-electron chi connectivity index (χ2n) is 6.96. The van der Waals surface area contributed by atoms with Crippen molar-refractivity contribution in [3.05, 3.63) is 77.5 Å². The molecule has 0 bridgehead atoms. The van der Waals surface area contributed by atoms with Crippen molar-refractivity contribution in [1.82, 2.24) is 15.2 Å². The summed E-state index contributed by atoms with van der Waals surface area (Å²) < 4.78 is 0. The van der Waals surface area contributed by atoms with Crippen LogP contribution in [0.2, 0.25) is 0 Å². The van der Waals surface area contributed by atoms with E-state index >= 15 is 0 Å². The van der Waals surface area contributed by atoms with Crippen LogP contribution in [0.1, 0.15) is 33.8 Å². The minimum atomic E-state index is 0.0544. The van der Waals surface area contributed by atoms with Gasteiger partial charge in [-0.25, -0.2) is 0 Å². The van der Waals surface area contributed by atoms with Gasteiger partial charge in [-0.15, -0.1) is 0 Å². The molecule has 1 saturated heterocycles. The van der Waals surface area contributed by atoms with Crippen LogP contribution < -0.4 is 5.32 Å². The van der Waals surface area contributed by atoms with Crippen LogP contribution in [0.5, 0.6) is 0 Å². The Balaban J connectivity index is 1.55. The van der Waals surface area contributed by atoms with Gasteiger partial charge in [-0.05, 0) is 54.3 Å². The van der Waals surface area contributed by atoms with Gasteiger partial charge in [0.2, 0.25) is 0 Å². The molecule has 1 aliphatic heterocycles. The summed E-state index contributed by atoms with van der Waals surface area (Å²) in [4.78, 5) is 19.1. The Morgan fingerprint density at radius 1 is 1.19 bits per heavy atom. The molecule has 4 heteroatoms. The molecule has 0 spiro atoms. The molecule has 2 aromatic carbocycles. The molecule has 0 aliphatic carbocycles. The number of pyridine rings is 1. The molecular weight excluding hydrogens is 322 g/mol. The molecule has 1 atom stereocenters. The van der Waals surface area contributed by atoms with Gasteiger partial charge < -0.3 is 10.2 Å². The minimum absolute atomic E-state index is 0.0544. The molecule has 4 rings (SSSR count). The standard InChI is InChI=1S/C22H23N3O/c1-25(15-19-7-3-9-21-20(19)8-4-11-24-21)22(26)17-6-2-5-16(13-17)18-10-12-23-14-18/h2-9,11,13,18,23H,10,12,14-15H2,1H3/t18-/m1/s1. The number of fused-ring (bicyclic) bond motifs is 1. The van der Waals surface area contributed by atoms with Crippen molar-refractivity contribution in [2.75, 3.05) is 20.1 Å². The molecular formula is C22H23N3O. The summed E-state index contributed by atoms with van der Waals surface area (Å²) >= 11 is 0. The minimum Gasteiger partial charge on any atom is -0.337 e. The first-order chi connectivity index (χ1) is 12.7. The number of hydrogen-bond acceptors (Lipinski definition) is 3. The molecule has 132 valence electrons. The SMILES string of the molecule is CN(Cc1cccc2ncccc12)C(=O)c1cccc([C@@H]2CCNC2)c1. The number of hydrogen-bond donors (Lipinski definition) is 1.